The topological polar surface area (TPSA) is 44.1 Å². The monoisotopic (exact) mass is 290 g/mol. The Hall–Kier alpha value is -1.91. The molecule has 1 aromatic carbocycles. The lowest BCUT2D eigenvalue weighted by atomic mass is 9.82. The molecule has 0 unspecified atom stereocenters. The predicted octanol–water partition coefficient (Wildman–Crippen LogP) is 3.15. The molecular formula is C16H19FN2O2. The number of methoxy groups -OCH3 is 1. The van der Waals surface area contributed by atoms with Crippen LogP contribution in [-0.4, -0.2) is 22.6 Å². The van der Waals surface area contributed by atoms with Gasteiger partial charge in [-0.3, -0.25) is 4.79 Å². The maximum atomic E-state index is 13.2. The predicted molar refractivity (Wildman–Crippen MR) is 77.2 cm³/mol. The van der Waals surface area contributed by atoms with Crippen molar-refractivity contribution in [1.29, 1.82) is 0 Å². The van der Waals surface area contributed by atoms with Crippen LogP contribution in [0.5, 0.6) is 0 Å². The van der Waals surface area contributed by atoms with Crippen molar-refractivity contribution in [3.8, 4) is 0 Å². The van der Waals surface area contributed by atoms with E-state index in [-0.39, 0.29) is 17.7 Å². The van der Waals surface area contributed by atoms with E-state index >= 15 is 0 Å². The van der Waals surface area contributed by atoms with Crippen LogP contribution in [0.25, 0.3) is 11.0 Å². The van der Waals surface area contributed by atoms with Gasteiger partial charge in [0.15, 0.2) is 0 Å². The van der Waals surface area contributed by atoms with Gasteiger partial charge in [0.05, 0.1) is 30.4 Å². The number of halogens is 1. The van der Waals surface area contributed by atoms with Crippen molar-refractivity contribution in [2.75, 3.05) is 7.11 Å². The van der Waals surface area contributed by atoms with E-state index in [9.17, 15) is 9.18 Å². The van der Waals surface area contributed by atoms with E-state index in [0.717, 1.165) is 37.7 Å². The third-order valence-electron chi connectivity index (χ3n) is 4.42. The molecule has 4 nitrogen and oxygen atoms in total. The largest absolute Gasteiger partial charge is 0.469 e. The first-order chi connectivity index (χ1) is 10.2. The van der Waals surface area contributed by atoms with Crippen LogP contribution in [0.1, 0.15) is 25.7 Å². The van der Waals surface area contributed by atoms with Crippen molar-refractivity contribution in [1.82, 2.24) is 9.55 Å². The zero-order valence-electron chi connectivity index (χ0n) is 12.1. The number of rotatable bonds is 3. The van der Waals surface area contributed by atoms with E-state index in [1.54, 1.807) is 12.4 Å². The highest BCUT2D eigenvalue weighted by Crippen LogP contribution is 2.31. The highest BCUT2D eigenvalue weighted by Gasteiger charge is 2.27. The summed E-state index contributed by atoms with van der Waals surface area (Å²) in [4.78, 5) is 15.8. The first kappa shape index (κ1) is 14.0. The summed E-state index contributed by atoms with van der Waals surface area (Å²) >= 11 is 0. The van der Waals surface area contributed by atoms with E-state index in [0.29, 0.717) is 11.4 Å². The third-order valence-corrected chi connectivity index (χ3v) is 4.42. The lowest BCUT2D eigenvalue weighted by Crippen LogP contribution is -2.24. The van der Waals surface area contributed by atoms with E-state index in [4.69, 9.17) is 4.74 Å². The molecular weight excluding hydrogens is 271 g/mol. The Morgan fingerprint density at radius 1 is 1.38 bits per heavy atom. The van der Waals surface area contributed by atoms with Crippen LogP contribution < -0.4 is 0 Å². The Balaban J connectivity index is 1.66. The standard InChI is InChI=1S/C16H19FN2O2/c1-21-16(20)12-4-2-11(3-5-12)9-19-10-18-14-8-13(17)6-7-15(14)19/h6-8,10-12H,2-5,9H2,1H3. The number of carbonyl (C=O) groups is 1. The SMILES string of the molecule is COC(=O)C1CCC(Cn2cnc3cc(F)ccc32)CC1. The lowest BCUT2D eigenvalue weighted by molar-refractivity contribution is -0.146. The van der Waals surface area contributed by atoms with Gasteiger partial charge < -0.3 is 9.30 Å². The van der Waals surface area contributed by atoms with Crippen LogP contribution in [0.15, 0.2) is 24.5 Å². The molecule has 1 aromatic heterocycles. The highest BCUT2D eigenvalue weighted by atomic mass is 19.1. The number of ether oxygens (including phenoxy) is 1. The quantitative estimate of drug-likeness (QED) is 0.816. The normalized spacial score (nSPS) is 22.4. The molecule has 5 heteroatoms. The van der Waals surface area contributed by atoms with E-state index in [1.807, 2.05) is 0 Å². The lowest BCUT2D eigenvalue weighted by Gasteiger charge is -2.27. The number of esters is 1. The highest BCUT2D eigenvalue weighted by molar-refractivity contribution is 5.75. The van der Waals surface area contributed by atoms with Crippen molar-refractivity contribution in [2.24, 2.45) is 11.8 Å². The van der Waals surface area contributed by atoms with Crippen LogP contribution in [0.3, 0.4) is 0 Å². The molecule has 1 aliphatic carbocycles. The van der Waals surface area contributed by atoms with Crippen molar-refractivity contribution in [3.63, 3.8) is 0 Å². The number of aromatic nitrogens is 2. The van der Waals surface area contributed by atoms with Gasteiger partial charge in [0, 0.05) is 12.6 Å². The fourth-order valence-electron chi connectivity index (χ4n) is 3.21. The summed E-state index contributed by atoms with van der Waals surface area (Å²) < 4.78 is 20.1. The Kier molecular flexibility index (Phi) is 3.90. The third kappa shape index (κ3) is 2.91. The minimum absolute atomic E-state index is 0.0554. The van der Waals surface area contributed by atoms with Crippen LogP contribution in [-0.2, 0) is 16.1 Å². The second kappa shape index (κ2) is 5.84. The first-order valence-electron chi connectivity index (χ1n) is 7.35. The molecule has 0 atom stereocenters. The van der Waals surface area contributed by atoms with Gasteiger partial charge in [-0.15, -0.1) is 0 Å². The molecule has 112 valence electrons. The smallest absolute Gasteiger partial charge is 0.308 e. The molecule has 1 aliphatic rings. The molecule has 0 spiro atoms. The van der Waals surface area contributed by atoms with E-state index in [1.165, 1.54) is 19.2 Å². The zero-order valence-corrected chi connectivity index (χ0v) is 12.1. The fraction of sp³-hybridized carbons (Fsp3) is 0.500. The molecule has 2 aromatic rings. The minimum atomic E-state index is -0.258. The first-order valence-corrected chi connectivity index (χ1v) is 7.35. The van der Waals surface area contributed by atoms with Crippen LogP contribution in [0.4, 0.5) is 4.39 Å². The molecule has 0 bridgehead atoms. The summed E-state index contributed by atoms with van der Waals surface area (Å²) in [5, 5.41) is 0. The van der Waals surface area contributed by atoms with Crippen molar-refractivity contribution in [3.05, 3.63) is 30.3 Å². The molecule has 0 radical (unpaired) electrons. The fourth-order valence-corrected chi connectivity index (χ4v) is 3.21. The van der Waals surface area contributed by atoms with Crippen LogP contribution in [0.2, 0.25) is 0 Å². The van der Waals surface area contributed by atoms with E-state index in [2.05, 4.69) is 9.55 Å². The van der Waals surface area contributed by atoms with Gasteiger partial charge in [0.25, 0.3) is 0 Å². The molecule has 1 heterocycles. The maximum Gasteiger partial charge on any atom is 0.308 e. The van der Waals surface area contributed by atoms with Gasteiger partial charge in [-0.2, -0.15) is 0 Å². The number of hydrogen-bond acceptors (Lipinski definition) is 3. The average molecular weight is 290 g/mol. The Morgan fingerprint density at radius 3 is 2.86 bits per heavy atom. The summed E-state index contributed by atoms with van der Waals surface area (Å²) in [6.07, 6.45) is 5.58. The number of hydrogen-bond donors (Lipinski definition) is 0. The van der Waals surface area contributed by atoms with Gasteiger partial charge in [0.1, 0.15) is 5.82 Å². The molecule has 1 saturated carbocycles. The summed E-state index contributed by atoms with van der Waals surface area (Å²) in [6, 6.07) is 4.70. The van der Waals surface area contributed by atoms with Gasteiger partial charge in [0.2, 0.25) is 0 Å². The average Bonchev–Trinajstić information content (AvgIpc) is 2.89. The second-order valence-corrected chi connectivity index (χ2v) is 5.77. The number of fused-ring (bicyclic) bond motifs is 1. The molecule has 0 aliphatic heterocycles. The molecule has 0 saturated heterocycles. The van der Waals surface area contributed by atoms with Gasteiger partial charge >= 0.3 is 5.97 Å². The molecule has 0 N–H and O–H groups in total. The van der Waals surface area contributed by atoms with E-state index < -0.39 is 0 Å². The minimum Gasteiger partial charge on any atom is -0.469 e. The number of nitrogens with zero attached hydrogens (tertiary/aromatic N) is 2. The Bertz CT molecular complexity index is 645. The summed E-state index contributed by atoms with van der Waals surface area (Å²) in [6.45, 7) is 0.871. The maximum absolute atomic E-state index is 13.2. The zero-order chi connectivity index (χ0) is 14.8. The molecule has 21 heavy (non-hydrogen) atoms. The molecule has 3 rings (SSSR count). The van der Waals surface area contributed by atoms with Gasteiger partial charge in [-0.1, -0.05) is 0 Å². The van der Waals surface area contributed by atoms with Crippen LogP contribution >= 0.6 is 0 Å². The van der Waals surface area contributed by atoms with Crippen LogP contribution in [0, 0.1) is 17.7 Å². The number of benzene rings is 1. The second-order valence-electron chi connectivity index (χ2n) is 5.77. The molecule has 1 fully saturated rings. The molecule has 0 amide bonds. The summed E-state index contributed by atoms with van der Waals surface area (Å²) in [7, 11) is 1.45. The Labute approximate surface area is 122 Å². The number of imidazole rings is 1. The summed E-state index contributed by atoms with van der Waals surface area (Å²) in [5.41, 5.74) is 1.66. The Morgan fingerprint density at radius 2 is 2.14 bits per heavy atom. The number of carbonyl (C=O) groups excluding carboxylic acids is 1. The van der Waals surface area contributed by atoms with Gasteiger partial charge in [-0.05, 0) is 43.7 Å². The summed E-state index contributed by atoms with van der Waals surface area (Å²) in [5.74, 6) is 0.247. The van der Waals surface area contributed by atoms with Crippen molar-refractivity contribution >= 4 is 17.0 Å². The van der Waals surface area contributed by atoms with Gasteiger partial charge in [-0.25, -0.2) is 9.37 Å². The van der Waals surface area contributed by atoms with Crippen molar-refractivity contribution < 1.29 is 13.9 Å². The van der Waals surface area contributed by atoms with Crippen molar-refractivity contribution in [2.45, 2.75) is 32.2 Å².